The number of hydrogen-bond acceptors (Lipinski definition) is 3. The first kappa shape index (κ1) is 13.3. The van der Waals surface area contributed by atoms with Crippen LogP contribution in [0.3, 0.4) is 0 Å². The Morgan fingerprint density at radius 1 is 1.44 bits per heavy atom. The van der Waals surface area contributed by atoms with E-state index >= 15 is 0 Å². The zero-order valence-electron chi connectivity index (χ0n) is 11.1. The summed E-state index contributed by atoms with van der Waals surface area (Å²) in [7, 11) is 0. The molecule has 2 rings (SSSR count). The molecule has 1 aliphatic rings. The van der Waals surface area contributed by atoms with Gasteiger partial charge in [-0.05, 0) is 32.0 Å². The lowest BCUT2D eigenvalue weighted by Gasteiger charge is -2.28. The highest BCUT2D eigenvalue weighted by Gasteiger charge is 2.21. The van der Waals surface area contributed by atoms with Crippen molar-refractivity contribution >= 4 is 0 Å². The van der Waals surface area contributed by atoms with E-state index in [9.17, 15) is 4.79 Å². The van der Waals surface area contributed by atoms with Gasteiger partial charge in [-0.1, -0.05) is 13.0 Å². The predicted octanol–water partition coefficient (Wildman–Crippen LogP) is 0.922. The van der Waals surface area contributed by atoms with Crippen LogP contribution in [0.25, 0.3) is 0 Å². The molecule has 1 aliphatic heterocycles. The van der Waals surface area contributed by atoms with Crippen molar-refractivity contribution in [1.29, 1.82) is 0 Å². The van der Waals surface area contributed by atoms with Crippen molar-refractivity contribution in [2.75, 3.05) is 26.2 Å². The molecule has 0 aliphatic carbocycles. The Hall–Kier alpha value is -1.13. The van der Waals surface area contributed by atoms with Crippen LogP contribution in [-0.2, 0) is 6.54 Å². The topological polar surface area (TPSA) is 37.3 Å². The van der Waals surface area contributed by atoms with Crippen molar-refractivity contribution < 1.29 is 0 Å². The summed E-state index contributed by atoms with van der Waals surface area (Å²) in [6.07, 6.45) is 4.27. The molecule has 0 aromatic carbocycles. The monoisotopic (exact) mass is 249 g/mol. The van der Waals surface area contributed by atoms with Crippen LogP contribution >= 0.6 is 0 Å². The van der Waals surface area contributed by atoms with E-state index in [0.29, 0.717) is 6.04 Å². The summed E-state index contributed by atoms with van der Waals surface area (Å²) in [5, 5.41) is 3.41. The Labute approximate surface area is 109 Å². The fourth-order valence-electron chi connectivity index (χ4n) is 2.60. The van der Waals surface area contributed by atoms with Gasteiger partial charge in [0.25, 0.3) is 5.56 Å². The van der Waals surface area contributed by atoms with E-state index in [0.717, 1.165) is 32.7 Å². The SMILES string of the molecule is CCCN(CCn1ccccc1=O)C1CCNC1. The minimum absolute atomic E-state index is 0.0958. The molecule has 18 heavy (non-hydrogen) atoms. The van der Waals surface area contributed by atoms with Crippen LogP contribution in [0.2, 0.25) is 0 Å². The molecule has 1 fully saturated rings. The van der Waals surface area contributed by atoms with Crippen molar-refractivity contribution in [2.45, 2.75) is 32.4 Å². The van der Waals surface area contributed by atoms with Crippen molar-refractivity contribution in [3.8, 4) is 0 Å². The summed E-state index contributed by atoms with van der Waals surface area (Å²) < 4.78 is 1.80. The van der Waals surface area contributed by atoms with Crippen molar-refractivity contribution in [3.05, 3.63) is 34.7 Å². The molecule has 0 saturated carbocycles. The Balaban J connectivity index is 1.93. The molecule has 0 spiro atoms. The van der Waals surface area contributed by atoms with Crippen molar-refractivity contribution in [1.82, 2.24) is 14.8 Å². The third-order valence-electron chi connectivity index (χ3n) is 3.59. The van der Waals surface area contributed by atoms with Crippen LogP contribution in [0.1, 0.15) is 19.8 Å². The summed E-state index contributed by atoms with van der Waals surface area (Å²) in [4.78, 5) is 14.2. The van der Waals surface area contributed by atoms with Gasteiger partial charge in [-0.2, -0.15) is 0 Å². The molecule has 0 bridgehead atoms. The molecular weight excluding hydrogens is 226 g/mol. The van der Waals surface area contributed by atoms with Crippen LogP contribution in [0.5, 0.6) is 0 Å². The van der Waals surface area contributed by atoms with E-state index in [1.165, 1.54) is 12.8 Å². The molecule has 100 valence electrons. The van der Waals surface area contributed by atoms with Crippen LogP contribution in [0.4, 0.5) is 0 Å². The fraction of sp³-hybridized carbons (Fsp3) is 0.643. The quantitative estimate of drug-likeness (QED) is 0.814. The Kier molecular flexibility index (Phi) is 4.96. The summed E-state index contributed by atoms with van der Waals surface area (Å²) in [5.41, 5.74) is 0.0958. The summed E-state index contributed by atoms with van der Waals surface area (Å²) in [6.45, 7) is 7.29. The van der Waals surface area contributed by atoms with Crippen LogP contribution in [0, 0.1) is 0 Å². The molecule has 4 nitrogen and oxygen atoms in total. The van der Waals surface area contributed by atoms with Gasteiger partial charge in [-0.3, -0.25) is 9.69 Å². The van der Waals surface area contributed by atoms with Crippen LogP contribution in [0.15, 0.2) is 29.2 Å². The molecule has 1 saturated heterocycles. The Morgan fingerprint density at radius 3 is 3.00 bits per heavy atom. The molecule has 1 atom stereocenters. The maximum atomic E-state index is 11.6. The average Bonchev–Trinajstić information content (AvgIpc) is 2.90. The third kappa shape index (κ3) is 3.43. The van der Waals surface area contributed by atoms with Gasteiger partial charge in [0.1, 0.15) is 0 Å². The van der Waals surface area contributed by atoms with Gasteiger partial charge < -0.3 is 9.88 Å². The lowest BCUT2D eigenvalue weighted by Crippen LogP contribution is -2.40. The lowest BCUT2D eigenvalue weighted by atomic mass is 10.2. The molecule has 1 aromatic rings. The number of nitrogens with zero attached hydrogens (tertiary/aromatic N) is 2. The number of nitrogens with one attached hydrogen (secondary N) is 1. The molecule has 0 amide bonds. The van der Waals surface area contributed by atoms with Gasteiger partial charge in [0.2, 0.25) is 0 Å². The van der Waals surface area contributed by atoms with Gasteiger partial charge in [-0.25, -0.2) is 0 Å². The van der Waals surface area contributed by atoms with Crippen LogP contribution < -0.4 is 10.9 Å². The average molecular weight is 249 g/mol. The van der Waals surface area contributed by atoms with Gasteiger partial charge in [0.15, 0.2) is 0 Å². The van der Waals surface area contributed by atoms with E-state index < -0.39 is 0 Å². The normalized spacial score (nSPS) is 19.6. The standard InChI is InChI=1S/C14H23N3O/c1-2-8-16(13-6-7-15-12-13)10-11-17-9-4-3-5-14(17)18/h3-5,9,13,15H,2,6-8,10-12H2,1H3. The fourth-order valence-corrected chi connectivity index (χ4v) is 2.60. The van der Waals surface area contributed by atoms with Crippen LogP contribution in [-0.4, -0.2) is 41.7 Å². The van der Waals surface area contributed by atoms with E-state index in [4.69, 9.17) is 0 Å². The molecule has 4 heteroatoms. The highest BCUT2D eigenvalue weighted by atomic mass is 16.1. The first-order valence-corrected chi connectivity index (χ1v) is 6.91. The van der Waals surface area contributed by atoms with E-state index in [1.807, 2.05) is 12.3 Å². The molecule has 0 radical (unpaired) electrons. The molecule has 1 unspecified atom stereocenters. The first-order chi connectivity index (χ1) is 8.81. The summed E-state index contributed by atoms with van der Waals surface area (Å²) in [6, 6.07) is 5.98. The van der Waals surface area contributed by atoms with Gasteiger partial charge in [0, 0.05) is 37.9 Å². The van der Waals surface area contributed by atoms with E-state index in [2.05, 4.69) is 17.1 Å². The number of hydrogen-bond donors (Lipinski definition) is 1. The minimum atomic E-state index is 0.0958. The summed E-state index contributed by atoms with van der Waals surface area (Å²) in [5.74, 6) is 0. The number of rotatable bonds is 6. The number of aromatic nitrogens is 1. The largest absolute Gasteiger partial charge is 0.315 e. The molecule has 2 heterocycles. The van der Waals surface area contributed by atoms with E-state index in [1.54, 1.807) is 16.7 Å². The Bertz CT molecular complexity index is 410. The van der Waals surface area contributed by atoms with Crippen molar-refractivity contribution in [2.24, 2.45) is 0 Å². The lowest BCUT2D eigenvalue weighted by molar-refractivity contribution is 0.200. The second kappa shape index (κ2) is 6.71. The molecule has 1 N–H and O–H groups in total. The van der Waals surface area contributed by atoms with Gasteiger partial charge >= 0.3 is 0 Å². The second-order valence-corrected chi connectivity index (χ2v) is 4.91. The highest BCUT2D eigenvalue weighted by molar-refractivity contribution is 4.93. The van der Waals surface area contributed by atoms with E-state index in [-0.39, 0.29) is 5.56 Å². The highest BCUT2D eigenvalue weighted by Crippen LogP contribution is 2.09. The van der Waals surface area contributed by atoms with Gasteiger partial charge in [0.05, 0.1) is 0 Å². The van der Waals surface area contributed by atoms with Crippen molar-refractivity contribution in [3.63, 3.8) is 0 Å². The molecule has 1 aromatic heterocycles. The number of pyridine rings is 1. The summed E-state index contributed by atoms with van der Waals surface area (Å²) >= 11 is 0. The first-order valence-electron chi connectivity index (χ1n) is 6.91. The smallest absolute Gasteiger partial charge is 0.250 e. The Morgan fingerprint density at radius 2 is 2.33 bits per heavy atom. The third-order valence-corrected chi connectivity index (χ3v) is 3.59. The maximum Gasteiger partial charge on any atom is 0.250 e. The second-order valence-electron chi connectivity index (χ2n) is 4.91. The predicted molar refractivity (Wildman–Crippen MR) is 73.8 cm³/mol. The van der Waals surface area contributed by atoms with Gasteiger partial charge in [-0.15, -0.1) is 0 Å². The maximum absolute atomic E-state index is 11.6. The zero-order valence-corrected chi connectivity index (χ0v) is 11.1. The molecular formula is C14H23N3O. The minimum Gasteiger partial charge on any atom is -0.315 e. The zero-order chi connectivity index (χ0) is 12.8.